The molecule has 0 aromatic heterocycles. The number of anilines is 1. The molecule has 0 atom stereocenters. The predicted molar refractivity (Wildman–Crippen MR) is 81.2 cm³/mol. The quantitative estimate of drug-likeness (QED) is 0.261. The lowest BCUT2D eigenvalue weighted by molar-refractivity contribution is 0.478. The summed E-state index contributed by atoms with van der Waals surface area (Å²) in [6.07, 6.45) is 0. The van der Waals surface area contributed by atoms with Crippen LogP contribution in [0.15, 0.2) is 39.0 Å². The Labute approximate surface area is 136 Å². The zero-order chi connectivity index (χ0) is 18.5. The SMILES string of the molecule is NNc1cc(S(=O)(=O)O)c2cc(S(=O)(=O)O)cc(S(=O)(=O)O)c2c1. The molecule has 6 N–H and O–H groups in total. The van der Waals surface area contributed by atoms with Crippen molar-refractivity contribution < 1.29 is 38.9 Å². The van der Waals surface area contributed by atoms with Crippen molar-refractivity contribution in [2.24, 2.45) is 5.84 Å². The van der Waals surface area contributed by atoms with Crippen molar-refractivity contribution in [3.8, 4) is 0 Å². The number of hydrogen-bond donors (Lipinski definition) is 5. The van der Waals surface area contributed by atoms with Crippen molar-refractivity contribution in [1.82, 2.24) is 0 Å². The largest absolute Gasteiger partial charge is 0.324 e. The van der Waals surface area contributed by atoms with E-state index in [4.69, 9.17) is 10.4 Å². The molecule has 0 spiro atoms. The Morgan fingerprint density at radius 1 is 0.708 bits per heavy atom. The number of hydrazine groups is 1. The van der Waals surface area contributed by atoms with Crippen molar-refractivity contribution in [2.75, 3.05) is 5.43 Å². The smallest absolute Gasteiger partial charge is 0.295 e. The zero-order valence-electron chi connectivity index (χ0n) is 11.4. The van der Waals surface area contributed by atoms with Gasteiger partial charge in [0.05, 0.1) is 10.6 Å². The molecule has 0 fully saturated rings. The number of nitrogen functional groups attached to an aromatic ring is 1. The lowest BCUT2D eigenvalue weighted by atomic mass is 10.1. The molecule has 0 aliphatic rings. The van der Waals surface area contributed by atoms with Crippen LogP contribution in [0.4, 0.5) is 5.69 Å². The van der Waals surface area contributed by atoms with Gasteiger partial charge in [0.15, 0.2) is 0 Å². The van der Waals surface area contributed by atoms with Gasteiger partial charge in [-0.3, -0.25) is 19.5 Å². The summed E-state index contributed by atoms with van der Waals surface area (Å²) in [7, 11) is -14.9. The number of hydrogen-bond acceptors (Lipinski definition) is 8. The first-order valence-electron chi connectivity index (χ1n) is 5.76. The first-order chi connectivity index (χ1) is 10.7. The molecular formula is C10H10N2O9S3. The van der Waals surface area contributed by atoms with Gasteiger partial charge >= 0.3 is 0 Å². The van der Waals surface area contributed by atoms with Gasteiger partial charge in [0.1, 0.15) is 9.79 Å². The number of rotatable bonds is 4. The molecule has 132 valence electrons. The van der Waals surface area contributed by atoms with Crippen LogP contribution in [0.25, 0.3) is 10.8 Å². The monoisotopic (exact) mass is 398 g/mol. The Morgan fingerprint density at radius 3 is 1.58 bits per heavy atom. The highest BCUT2D eigenvalue weighted by molar-refractivity contribution is 7.87. The minimum Gasteiger partial charge on any atom is -0.324 e. The Balaban J connectivity index is 3.22. The van der Waals surface area contributed by atoms with Gasteiger partial charge < -0.3 is 5.43 Å². The molecule has 0 bridgehead atoms. The second-order valence-electron chi connectivity index (χ2n) is 4.56. The minimum absolute atomic E-state index is 0.153. The van der Waals surface area contributed by atoms with Crippen LogP contribution in [0.3, 0.4) is 0 Å². The molecule has 14 heteroatoms. The molecule has 0 radical (unpaired) electrons. The number of nitrogens with two attached hydrogens (primary N) is 1. The summed E-state index contributed by atoms with van der Waals surface area (Å²) in [5, 5.41) is -1.02. The first kappa shape index (κ1) is 18.5. The predicted octanol–water partition coefficient (Wildman–Crippen LogP) is -0.134. The fraction of sp³-hybridized carbons (Fsp3) is 0. The van der Waals surface area contributed by atoms with Crippen LogP contribution in [-0.2, 0) is 30.4 Å². The van der Waals surface area contributed by atoms with E-state index >= 15 is 0 Å². The van der Waals surface area contributed by atoms with E-state index in [0.717, 1.165) is 12.1 Å². The summed E-state index contributed by atoms with van der Waals surface area (Å²) in [6, 6.07) is 2.87. The summed E-state index contributed by atoms with van der Waals surface area (Å²) in [4.78, 5) is -2.89. The molecule has 2 aromatic carbocycles. The molecule has 2 aromatic rings. The molecule has 0 heterocycles. The van der Waals surface area contributed by atoms with Crippen molar-refractivity contribution in [3.63, 3.8) is 0 Å². The van der Waals surface area contributed by atoms with Crippen LogP contribution in [0, 0.1) is 0 Å². The molecule has 0 saturated carbocycles. The second kappa shape index (κ2) is 5.62. The van der Waals surface area contributed by atoms with E-state index in [-0.39, 0.29) is 5.69 Å². The normalized spacial score (nSPS) is 13.2. The first-order valence-corrected chi connectivity index (χ1v) is 10.1. The average Bonchev–Trinajstić information content (AvgIpc) is 2.41. The molecule has 0 aliphatic carbocycles. The number of benzene rings is 2. The van der Waals surface area contributed by atoms with Crippen molar-refractivity contribution in [1.29, 1.82) is 0 Å². The van der Waals surface area contributed by atoms with E-state index in [1.54, 1.807) is 0 Å². The summed E-state index contributed by atoms with van der Waals surface area (Å²) >= 11 is 0. The van der Waals surface area contributed by atoms with E-state index in [1.807, 2.05) is 5.43 Å². The molecule has 11 nitrogen and oxygen atoms in total. The van der Waals surface area contributed by atoms with Gasteiger partial charge in [-0.15, -0.1) is 0 Å². The van der Waals surface area contributed by atoms with Gasteiger partial charge in [0.2, 0.25) is 0 Å². The zero-order valence-corrected chi connectivity index (χ0v) is 13.9. The summed E-state index contributed by atoms with van der Waals surface area (Å²) in [6.45, 7) is 0. The molecule has 24 heavy (non-hydrogen) atoms. The molecule has 0 aliphatic heterocycles. The van der Waals surface area contributed by atoms with E-state index < -0.39 is 55.8 Å². The molecule has 0 saturated heterocycles. The second-order valence-corrected chi connectivity index (χ2v) is 8.76. The Morgan fingerprint density at radius 2 is 1.17 bits per heavy atom. The maximum atomic E-state index is 11.5. The third kappa shape index (κ3) is 3.48. The maximum Gasteiger partial charge on any atom is 0.295 e. The fourth-order valence-electron chi connectivity index (χ4n) is 2.03. The van der Waals surface area contributed by atoms with Crippen LogP contribution >= 0.6 is 0 Å². The van der Waals surface area contributed by atoms with E-state index in [9.17, 15) is 34.4 Å². The highest BCUT2D eigenvalue weighted by atomic mass is 32.2. The van der Waals surface area contributed by atoms with Gasteiger partial charge in [-0.05, 0) is 24.3 Å². The average molecular weight is 398 g/mol. The van der Waals surface area contributed by atoms with E-state index in [0.29, 0.717) is 12.1 Å². The summed E-state index contributed by atoms with van der Waals surface area (Å²) in [5.74, 6) is 5.14. The standard InChI is InChI=1S/C10H10N2O9S3/c11-12-5-1-7-8(9(2-5)23(16,17)18)3-6(22(13,14)15)4-10(7)24(19,20)21/h1-4,12H,11H2,(H,13,14,15)(H,16,17,18)(H,19,20,21). The molecule has 0 unspecified atom stereocenters. The Kier molecular flexibility index (Phi) is 4.34. The maximum absolute atomic E-state index is 11.5. The minimum atomic E-state index is -5.02. The van der Waals surface area contributed by atoms with Gasteiger partial charge in [0, 0.05) is 10.8 Å². The van der Waals surface area contributed by atoms with Crippen molar-refractivity contribution in [2.45, 2.75) is 14.7 Å². The highest BCUT2D eigenvalue weighted by Gasteiger charge is 2.25. The lowest BCUT2D eigenvalue weighted by Gasteiger charge is -2.12. The Hall–Kier alpha value is -1.81. The fourth-order valence-corrected chi connectivity index (χ4v) is 4.08. The van der Waals surface area contributed by atoms with Gasteiger partial charge in [-0.2, -0.15) is 25.3 Å². The topological polar surface area (TPSA) is 201 Å². The summed E-state index contributed by atoms with van der Waals surface area (Å²) in [5.41, 5.74) is 1.88. The van der Waals surface area contributed by atoms with Crippen LogP contribution in [-0.4, -0.2) is 38.9 Å². The summed E-state index contributed by atoms with van der Waals surface area (Å²) < 4.78 is 96.2. The third-order valence-electron chi connectivity index (χ3n) is 2.99. The molecule has 2 rings (SSSR count). The molecular weight excluding hydrogens is 388 g/mol. The van der Waals surface area contributed by atoms with E-state index in [1.165, 1.54) is 0 Å². The van der Waals surface area contributed by atoms with Crippen LogP contribution in [0.5, 0.6) is 0 Å². The Bertz CT molecular complexity index is 1150. The van der Waals surface area contributed by atoms with Crippen LogP contribution in [0.1, 0.15) is 0 Å². The van der Waals surface area contributed by atoms with E-state index in [2.05, 4.69) is 0 Å². The van der Waals surface area contributed by atoms with Crippen LogP contribution in [0.2, 0.25) is 0 Å². The van der Waals surface area contributed by atoms with Gasteiger partial charge in [-0.25, -0.2) is 0 Å². The number of fused-ring (bicyclic) bond motifs is 1. The van der Waals surface area contributed by atoms with Crippen LogP contribution < -0.4 is 11.3 Å². The molecule has 0 amide bonds. The third-order valence-corrected chi connectivity index (χ3v) is 5.61. The lowest BCUT2D eigenvalue weighted by Crippen LogP contribution is -2.10. The number of nitrogens with one attached hydrogen (secondary N) is 1. The van der Waals surface area contributed by atoms with Gasteiger partial charge in [-0.1, -0.05) is 0 Å². The van der Waals surface area contributed by atoms with Crippen molar-refractivity contribution >= 4 is 46.8 Å². The van der Waals surface area contributed by atoms with Gasteiger partial charge in [0.25, 0.3) is 30.4 Å². The van der Waals surface area contributed by atoms with Crippen molar-refractivity contribution in [3.05, 3.63) is 24.3 Å². The highest BCUT2D eigenvalue weighted by Crippen LogP contribution is 2.34.